The highest BCUT2D eigenvalue weighted by Gasteiger charge is 2.36. The zero-order valence-electron chi connectivity index (χ0n) is 12.9. The van der Waals surface area contributed by atoms with Crippen LogP contribution >= 0.6 is 0 Å². The number of hydrogen-bond acceptors (Lipinski definition) is 3. The Kier molecular flexibility index (Phi) is 4.79. The van der Waals surface area contributed by atoms with E-state index in [4.69, 9.17) is 0 Å². The van der Waals surface area contributed by atoms with E-state index < -0.39 is 10.2 Å². The molecule has 23 heavy (non-hydrogen) atoms. The third-order valence-corrected chi connectivity index (χ3v) is 6.60. The van der Waals surface area contributed by atoms with Crippen LogP contribution in [0.5, 0.6) is 0 Å². The number of halogens is 1. The van der Waals surface area contributed by atoms with Crippen molar-refractivity contribution < 1.29 is 17.6 Å². The minimum atomic E-state index is -3.46. The molecule has 126 valence electrons. The maximum absolute atomic E-state index is 13.0. The molecule has 3 rings (SSSR count). The molecule has 0 radical (unpaired) electrons. The van der Waals surface area contributed by atoms with E-state index in [9.17, 15) is 17.6 Å². The van der Waals surface area contributed by atoms with Crippen molar-refractivity contribution in [2.24, 2.45) is 5.92 Å². The van der Waals surface area contributed by atoms with Crippen molar-refractivity contribution in [3.63, 3.8) is 0 Å². The third kappa shape index (κ3) is 3.46. The maximum Gasteiger partial charge on any atom is 0.281 e. The summed E-state index contributed by atoms with van der Waals surface area (Å²) in [6, 6.07) is 5.45. The highest BCUT2D eigenvalue weighted by molar-refractivity contribution is 7.86. The Morgan fingerprint density at radius 1 is 1.00 bits per heavy atom. The molecular formula is C16H21FN2O3S. The van der Waals surface area contributed by atoms with E-state index in [-0.39, 0.29) is 24.1 Å². The number of Topliss-reactive ketones (excluding diaryl/α,β-unsaturated/α-hetero) is 1. The Morgan fingerprint density at radius 3 is 2.26 bits per heavy atom. The number of nitrogens with zero attached hydrogens (tertiary/aromatic N) is 2. The SMILES string of the molecule is O=C(c1ccc(F)cc1)[C@@H]1CCCN(S(=O)(=O)N2CCCC2)C1. The van der Waals surface area contributed by atoms with Crippen LogP contribution in [0.4, 0.5) is 4.39 Å². The molecule has 1 atom stereocenters. The van der Waals surface area contributed by atoms with E-state index in [1.807, 2.05) is 0 Å². The standard InChI is InChI=1S/C16H21FN2O3S/c17-15-7-5-13(6-8-15)16(20)14-4-3-11-19(12-14)23(21,22)18-9-1-2-10-18/h5-8,14H,1-4,9-12H2/t14-/m1/s1. The first-order valence-electron chi connectivity index (χ1n) is 8.03. The molecule has 2 saturated heterocycles. The second kappa shape index (κ2) is 6.67. The van der Waals surface area contributed by atoms with Gasteiger partial charge in [-0.1, -0.05) is 0 Å². The molecule has 0 aromatic heterocycles. The number of carbonyl (C=O) groups excluding carboxylic acids is 1. The summed E-state index contributed by atoms with van der Waals surface area (Å²) >= 11 is 0. The van der Waals surface area contributed by atoms with Crippen LogP contribution in [0.3, 0.4) is 0 Å². The summed E-state index contributed by atoms with van der Waals surface area (Å²) in [6.07, 6.45) is 3.13. The Bertz CT molecular complexity index is 669. The smallest absolute Gasteiger partial charge is 0.281 e. The molecule has 2 heterocycles. The molecule has 2 aliphatic rings. The average molecular weight is 340 g/mol. The number of piperidine rings is 1. The van der Waals surface area contributed by atoms with E-state index in [0.717, 1.165) is 12.8 Å². The van der Waals surface area contributed by atoms with Gasteiger partial charge in [0.25, 0.3) is 10.2 Å². The second-order valence-corrected chi connectivity index (χ2v) is 8.11. The Balaban J connectivity index is 1.73. The van der Waals surface area contributed by atoms with E-state index in [1.165, 1.54) is 32.9 Å². The highest BCUT2D eigenvalue weighted by Crippen LogP contribution is 2.26. The number of ketones is 1. The lowest BCUT2D eigenvalue weighted by atomic mass is 9.91. The minimum Gasteiger partial charge on any atom is -0.294 e. The fourth-order valence-corrected chi connectivity index (χ4v) is 5.07. The monoisotopic (exact) mass is 340 g/mol. The van der Waals surface area contributed by atoms with Gasteiger partial charge in [-0.05, 0) is 49.9 Å². The summed E-state index contributed by atoms with van der Waals surface area (Å²) in [4.78, 5) is 12.5. The van der Waals surface area contributed by atoms with E-state index in [1.54, 1.807) is 0 Å². The van der Waals surface area contributed by atoms with Gasteiger partial charge in [0.15, 0.2) is 5.78 Å². The van der Waals surface area contributed by atoms with E-state index in [0.29, 0.717) is 38.0 Å². The molecular weight excluding hydrogens is 319 g/mol. The molecule has 0 N–H and O–H groups in total. The first kappa shape index (κ1) is 16.5. The first-order valence-corrected chi connectivity index (χ1v) is 9.43. The van der Waals surface area contributed by atoms with Crippen molar-refractivity contribution in [2.45, 2.75) is 25.7 Å². The second-order valence-electron chi connectivity index (χ2n) is 6.18. The summed E-state index contributed by atoms with van der Waals surface area (Å²) in [7, 11) is -3.46. The Hall–Kier alpha value is -1.31. The summed E-state index contributed by atoms with van der Waals surface area (Å²) in [5, 5.41) is 0. The van der Waals surface area contributed by atoms with Crippen LogP contribution in [0.15, 0.2) is 24.3 Å². The van der Waals surface area contributed by atoms with Crippen LogP contribution in [0.1, 0.15) is 36.0 Å². The Morgan fingerprint density at radius 2 is 1.61 bits per heavy atom. The summed E-state index contributed by atoms with van der Waals surface area (Å²) in [6.45, 7) is 1.81. The van der Waals surface area contributed by atoms with Gasteiger partial charge >= 0.3 is 0 Å². The van der Waals surface area contributed by atoms with Gasteiger partial charge in [0.2, 0.25) is 0 Å². The third-order valence-electron chi connectivity index (χ3n) is 4.60. The molecule has 7 heteroatoms. The van der Waals surface area contributed by atoms with Crippen LogP contribution in [0.25, 0.3) is 0 Å². The van der Waals surface area contributed by atoms with Crippen LogP contribution < -0.4 is 0 Å². The lowest BCUT2D eigenvalue weighted by molar-refractivity contribution is 0.0870. The van der Waals surface area contributed by atoms with Gasteiger partial charge in [-0.3, -0.25) is 4.79 Å². The molecule has 0 amide bonds. The fourth-order valence-electron chi connectivity index (χ4n) is 3.30. The van der Waals surface area contributed by atoms with Gasteiger partial charge in [0.1, 0.15) is 5.82 Å². The molecule has 0 saturated carbocycles. The summed E-state index contributed by atoms with van der Waals surface area (Å²) < 4.78 is 41.2. The first-order chi connectivity index (χ1) is 11.0. The lowest BCUT2D eigenvalue weighted by Gasteiger charge is -2.33. The molecule has 0 unspecified atom stereocenters. The van der Waals surface area contributed by atoms with Crippen molar-refractivity contribution in [2.75, 3.05) is 26.2 Å². The predicted molar refractivity (Wildman–Crippen MR) is 84.8 cm³/mol. The largest absolute Gasteiger partial charge is 0.294 e. The number of rotatable bonds is 4. The molecule has 1 aromatic rings. The quantitative estimate of drug-likeness (QED) is 0.789. The van der Waals surface area contributed by atoms with Crippen LogP contribution in [0, 0.1) is 11.7 Å². The van der Waals surface area contributed by atoms with Gasteiger partial charge in [0.05, 0.1) is 0 Å². The van der Waals surface area contributed by atoms with Crippen LogP contribution in [-0.4, -0.2) is 49.0 Å². The van der Waals surface area contributed by atoms with Crippen LogP contribution in [-0.2, 0) is 10.2 Å². The zero-order chi connectivity index (χ0) is 16.4. The number of benzene rings is 1. The molecule has 0 aliphatic carbocycles. The molecule has 5 nitrogen and oxygen atoms in total. The Labute approximate surface area is 136 Å². The fraction of sp³-hybridized carbons (Fsp3) is 0.562. The van der Waals surface area contributed by atoms with Crippen molar-refractivity contribution in [3.8, 4) is 0 Å². The number of hydrogen-bond donors (Lipinski definition) is 0. The van der Waals surface area contributed by atoms with Crippen molar-refractivity contribution in [1.29, 1.82) is 0 Å². The summed E-state index contributed by atoms with van der Waals surface area (Å²) in [5.74, 6) is -0.846. The van der Waals surface area contributed by atoms with Gasteiger partial charge in [-0.15, -0.1) is 0 Å². The molecule has 2 aliphatic heterocycles. The van der Waals surface area contributed by atoms with Crippen LogP contribution in [0.2, 0.25) is 0 Å². The van der Waals surface area contributed by atoms with Gasteiger partial charge < -0.3 is 0 Å². The van der Waals surface area contributed by atoms with E-state index in [2.05, 4.69) is 0 Å². The average Bonchev–Trinajstić information content (AvgIpc) is 3.10. The van der Waals surface area contributed by atoms with Crippen molar-refractivity contribution in [3.05, 3.63) is 35.6 Å². The normalized spacial score (nSPS) is 24.0. The highest BCUT2D eigenvalue weighted by atomic mass is 32.2. The zero-order valence-corrected chi connectivity index (χ0v) is 13.8. The van der Waals surface area contributed by atoms with Gasteiger partial charge in [-0.25, -0.2) is 4.39 Å². The van der Waals surface area contributed by atoms with Crippen molar-refractivity contribution >= 4 is 16.0 Å². The maximum atomic E-state index is 13.0. The minimum absolute atomic E-state index is 0.105. The molecule has 0 bridgehead atoms. The lowest BCUT2D eigenvalue weighted by Crippen LogP contribution is -2.48. The predicted octanol–water partition coefficient (Wildman–Crippen LogP) is 2.06. The van der Waals surface area contributed by atoms with Gasteiger partial charge in [-0.2, -0.15) is 17.0 Å². The summed E-state index contributed by atoms with van der Waals surface area (Å²) in [5.41, 5.74) is 0.442. The number of carbonyl (C=O) groups is 1. The topological polar surface area (TPSA) is 57.7 Å². The molecule has 0 spiro atoms. The van der Waals surface area contributed by atoms with Gasteiger partial charge in [0, 0.05) is 37.7 Å². The van der Waals surface area contributed by atoms with E-state index >= 15 is 0 Å². The molecule has 2 fully saturated rings. The molecule has 1 aromatic carbocycles. The van der Waals surface area contributed by atoms with Crippen molar-refractivity contribution in [1.82, 2.24) is 8.61 Å².